The summed E-state index contributed by atoms with van der Waals surface area (Å²) >= 11 is 0. The van der Waals surface area contributed by atoms with Gasteiger partial charge < -0.3 is 14.5 Å². The van der Waals surface area contributed by atoms with Gasteiger partial charge in [0.15, 0.2) is 0 Å². The zero-order valence-electron chi connectivity index (χ0n) is 19.8. The number of rotatable bonds is 5. The van der Waals surface area contributed by atoms with Crippen molar-refractivity contribution in [3.05, 3.63) is 77.1 Å². The number of likely N-dealkylation sites (tertiary alicyclic amines) is 1. The molecule has 0 bridgehead atoms. The summed E-state index contributed by atoms with van der Waals surface area (Å²) in [6.45, 7) is 5.62. The highest BCUT2D eigenvalue weighted by atomic mass is 16.5. The first-order chi connectivity index (χ1) is 16.4. The molecule has 1 aromatic carbocycles. The Morgan fingerprint density at radius 3 is 2.35 bits per heavy atom. The van der Waals surface area contributed by atoms with Gasteiger partial charge in [-0.1, -0.05) is 42.5 Å². The molecule has 34 heavy (non-hydrogen) atoms. The van der Waals surface area contributed by atoms with Crippen LogP contribution in [-0.2, 0) is 14.3 Å². The van der Waals surface area contributed by atoms with Crippen LogP contribution in [0.2, 0.25) is 0 Å². The van der Waals surface area contributed by atoms with Gasteiger partial charge in [-0.25, -0.2) is 0 Å². The number of pyridine rings is 1. The largest absolute Gasteiger partial charge is 0.447 e. The van der Waals surface area contributed by atoms with Crippen LogP contribution >= 0.6 is 0 Å². The SMILES string of the molecule is CC(=O)O[C@H](C(=O)N1CCC(c2nc(C)ccc2C(=O)N2CC=CCC2)CC1)c1ccccc1. The van der Waals surface area contributed by atoms with Crippen molar-refractivity contribution in [2.75, 3.05) is 26.2 Å². The number of aryl methyl sites for hydroxylation is 1. The number of hydrogen-bond acceptors (Lipinski definition) is 5. The smallest absolute Gasteiger partial charge is 0.303 e. The minimum absolute atomic E-state index is 0.0179. The third kappa shape index (κ3) is 5.35. The molecule has 0 spiro atoms. The van der Waals surface area contributed by atoms with E-state index in [1.807, 2.05) is 48.2 Å². The van der Waals surface area contributed by atoms with Crippen molar-refractivity contribution in [1.29, 1.82) is 0 Å². The molecule has 2 aliphatic heterocycles. The first-order valence-corrected chi connectivity index (χ1v) is 11.9. The molecule has 3 heterocycles. The molecule has 7 nitrogen and oxygen atoms in total. The minimum Gasteiger partial charge on any atom is -0.447 e. The fraction of sp³-hybridized carbons (Fsp3) is 0.407. The second-order valence-corrected chi connectivity index (χ2v) is 8.90. The number of benzene rings is 1. The molecule has 178 valence electrons. The van der Waals surface area contributed by atoms with E-state index in [-0.39, 0.29) is 17.7 Å². The van der Waals surface area contributed by atoms with Crippen molar-refractivity contribution in [2.45, 2.75) is 45.1 Å². The molecule has 1 atom stereocenters. The Balaban J connectivity index is 1.49. The Morgan fingerprint density at radius 2 is 1.71 bits per heavy atom. The fourth-order valence-corrected chi connectivity index (χ4v) is 4.66. The molecular formula is C27H31N3O4. The molecular weight excluding hydrogens is 430 g/mol. The lowest BCUT2D eigenvalue weighted by Gasteiger charge is -2.34. The highest BCUT2D eigenvalue weighted by Gasteiger charge is 2.33. The summed E-state index contributed by atoms with van der Waals surface area (Å²) in [6.07, 6.45) is 5.44. The lowest BCUT2D eigenvalue weighted by Crippen LogP contribution is -2.42. The standard InChI is InChI=1S/C27H31N3O4/c1-19-11-12-23(26(32)29-15-7-4-8-16-29)24(28-19)21-13-17-30(18-14-21)27(33)25(34-20(2)31)22-9-5-3-6-10-22/h3-7,9-12,21,25H,8,13-18H2,1-2H3/t25-/m0/s1. The maximum atomic E-state index is 13.3. The fourth-order valence-electron chi connectivity index (χ4n) is 4.66. The van der Waals surface area contributed by atoms with Gasteiger partial charge in [0.2, 0.25) is 6.10 Å². The normalized spacial score (nSPS) is 17.4. The maximum absolute atomic E-state index is 13.3. The number of ether oxygens (including phenoxy) is 1. The summed E-state index contributed by atoms with van der Waals surface area (Å²) < 4.78 is 5.40. The van der Waals surface area contributed by atoms with Gasteiger partial charge in [-0.2, -0.15) is 0 Å². The molecule has 0 saturated carbocycles. The molecule has 7 heteroatoms. The van der Waals surface area contributed by atoms with Gasteiger partial charge in [0.25, 0.3) is 11.8 Å². The van der Waals surface area contributed by atoms with Crippen molar-refractivity contribution in [3.63, 3.8) is 0 Å². The topological polar surface area (TPSA) is 79.8 Å². The highest BCUT2D eigenvalue weighted by Crippen LogP contribution is 2.32. The van der Waals surface area contributed by atoms with E-state index >= 15 is 0 Å². The number of carbonyl (C=O) groups excluding carboxylic acids is 3. The molecule has 1 saturated heterocycles. The molecule has 0 radical (unpaired) electrons. The Kier molecular flexibility index (Phi) is 7.40. The second-order valence-electron chi connectivity index (χ2n) is 8.90. The Labute approximate surface area is 200 Å². The van der Waals surface area contributed by atoms with Crippen LogP contribution in [0.1, 0.15) is 65.5 Å². The molecule has 0 unspecified atom stereocenters. The number of hydrogen-bond donors (Lipinski definition) is 0. The summed E-state index contributed by atoms with van der Waals surface area (Å²) in [5.74, 6) is -0.596. The van der Waals surface area contributed by atoms with E-state index in [1.165, 1.54) is 6.92 Å². The minimum atomic E-state index is -0.948. The molecule has 1 fully saturated rings. The van der Waals surface area contributed by atoms with Gasteiger partial charge in [0.05, 0.1) is 11.3 Å². The van der Waals surface area contributed by atoms with E-state index in [0.29, 0.717) is 50.1 Å². The van der Waals surface area contributed by atoms with Crippen molar-refractivity contribution in [1.82, 2.24) is 14.8 Å². The summed E-state index contributed by atoms with van der Waals surface area (Å²) in [6, 6.07) is 12.9. The van der Waals surface area contributed by atoms with Crippen LogP contribution in [-0.4, -0.2) is 58.7 Å². The van der Waals surface area contributed by atoms with E-state index < -0.39 is 12.1 Å². The number of piperidine rings is 1. The van der Waals surface area contributed by atoms with E-state index in [0.717, 1.165) is 17.8 Å². The van der Waals surface area contributed by atoms with Crippen molar-refractivity contribution in [3.8, 4) is 0 Å². The van der Waals surface area contributed by atoms with Gasteiger partial charge in [-0.05, 0) is 38.3 Å². The number of nitrogens with zero attached hydrogens (tertiary/aromatic N) is 3. The second kappa shape index (κ2) is 10.6. The van der Waals surface area contributed by atoms with Crippen LogP contribution in [0, 0.1) is 6.92 Å². The van der Waals surface area contributed by atoms with E-state index in [1.54, 1.807) is 17.0 Å². The van der Waals surface area contributed by atoms with E-state index in [9.17, 15) is 14.4 Å². The van der Waals surface area contributed by atoms with E-state index in [2.05, 4.69) is 6.08 Å². The molecule has 1 aromatic heterocycles. The molecule has 2 amide bonds. The summed E-state index contributed by atoms with van der Waals surface area (Å²) in [4.78, 5) is 46.6. The van der Waals surface area contributed by atoms with Gasteiger partial charge in [0.1, 0.15) is 0 Å². The zero-order valence-corrected chi connectivity index (χ0v) is 19.8. The maximum Gasteiger partial charge on any atom is 0.303 e. The Hall–Kier alpha value is -3.48. The highest BCUT2D eigenvalue weighted by molar-refractivity contribution is 5.95. The number of carbonyl (C=O) groups is 3. The third-order valence-corrected chi connectivity index (χ3v) is 6.44. The predicted molar refractivity (Wildman–Crippen MR) is 128 cm³/mol. The van der Waals surface area contributed by atoms with Crippen molar-refractivity contribution < 1.29 is 19.1 Å². The first-order valence-electron chi connectivity index (χ1n) is 11.9. The van der Waals surface area contributed by atoms with Gasteiger partial charge in [-0.15, -0.1) is 0 Å². The number of aromatic nitrogens is 1. The molecule has 0 N–H and O–H groups in total. The van der Waals surface area contributed by atoms with E-state index in [4.69, 9.17) is 9.72 Å². The molecule has 2 aliphatic rings. The quantitative estimate of drug-likeness (QED) is 0.500. The number of esters is 1. The van der Waals surface area contributed by atoms with Crippen LogP contribution < -0.4 is 0 Å². The van der Waals surface area contributed by atoms with Crippen LogP contribution in [0.5, 0.6) is 0 Å². The molecule has 0 aliphatic carbocycles. The van der Waals surface area contributed by atoms with Crippen LogP contribution in [0.15, 0.2) is 54.6 Å². The summed E-state index contributed by atoms with van der Waals surface area (Å²) in [5, 5.41) is 0. The lowest BCUT2D eigenvalue weighted by atomic mass is 9.89. The summed E-state index contributed by atoms with van der Waals surface area (Å²) in [5.41, 5.74) is 3.02. The zero-order chi connectivity index (χ0) is 24.1. The van der Waals surface area contributed by atoms with Crippen LogP contribution in [0.3, 0.4) is 0 Å². The lowest BCUT2D eigenvalue weighted by molar-refractivity contribution is -0.159. The molecule has 2 aromatic rings. The third-order valence-electron chi connectivity index (χ3n) is 6.44. The van der Waals surface area contributed by atoms with Crippen LogP contribution in [0.25, 0.3) is 0 Å². The van der Waals surface area contributed by atoms with Gasteiger partial charge in [0, 0.05) is 50.3 Å². The van der Waals surface area contributed by atoms with Gasteiger partial charge in [-0.3, -0.25) is 19.4 Å². The monoisotopic (exact) mass is 461 g/mol. The average Bonchev–Trinajstić information content (AvgIpc) is 2.87. The first kappa shape index (κ1) is 23.7. The van der Waals surface area contributed by atoms with Gasteiger partial charge >= 0.3 is 5.97 Å². The predicted octanol–water partition coefficient (Wildman–Crippen LogP) is 3.80. The Bertz CT molecular complexity index is 1070. The average molecular weight is 462 g/mol. The van der Waals surface area contributed by atoms with Crippen molar-refractivity contribution >= 4 is 17.8 Å². The molecule has 4 rings (SSSR count). The van der Waals surface area contributed by atoms with Crippen LogP contribution in [0.4, 0.5) is 0 Å². The Morgan fingerprint density at radius 1 is 0.971 bits per heavy atom. The number of amides is 2. The summed E-state index contributed by atoms with van der Waals surface area (Å²) in [7, 11) is 0. The van der Waals surface area contributed by atoms with Crippen molar-refractivity contribution in [2.24, 2.45) is 0 Å².